The van der Waals surface area contributed by atoms with E-state index in [1.807, 2.05) is 0 Å². The van der Waals surface area contributed by atoms with Crippen LogP contribution in [0.15, 0.2) is 24.3 Å². The Balaban J connectivity index is 2.18. The number of hydrogen-bond acceptors (Lipinski definition) is 6. The molecule has 1 aromatic carbocycles. The topological polar surface area (TPSA) is 82.1 Å². The van der Waals surface area contributed by atoms with Gasteiger partial charge < -0.3 is 19.3 Å². The third-order valence-corrected chi connectivity index (χ3v) is 2.58. The Morgan fingerprint density at radius 2 is 2.00 bits per heavy atom. The molecule has 106 valence electrons. The van der Waals surface area contributed by atoms with Crippen molar-refractivity contribution in [2.75, 3.05) is 19.8 Å². The minimum atomic E-state index is -1.00. The molecule has 1 aromatic rings. The molecule has 2 rings (SSSR count). The van der Waals surface area contributed by atoms with Gasteiger partial charge in [0.15, 0.2) is 11.5 Å². The molecule has 6 heteroatoms. The molecule has 0 unspecified atom stereocenters. The first kappa shape index (κ1) is 13.9. The van der Waals surface area contributed by atoms with Crippen LogP contribution in [0.4, 0.5) is 0 Å². The van der Waals surface area contributed by atoms with E-state index in [1.165, 1.54) is 0 Å². The Bertz CT molecular complexity index is 561. The zero-order valence-electron chi connectivity index (χ0n) is 10.9. The summed E-state index contributed by atoms with van der Waals surface area (Å²) < 4.78 is 15.2. The standard InChI is InChI=1S/C14H14O6/c1-2-18-14(17)11(16)8-10(15)9-3-4-12-13(7-9)20-6-5-19-12/h3-4,7-8,15H,2,5-6H2,1H3. The highest BCUT2D eigenvalue weighted by atomic mass is 16.6. The fourth-order valence-corrected chi connectivity index (χ4v) is 1.67. The molecule has 1 aliphatic heterocycles. The van der Waals surface area contributed by atoms with Crippen LogP contribution in [0.3, 0.4) is 0 Å². The number of aliphatic hydroxyl groups is 1. The first-order chi connectivity index (χ1) is 9.61. The summed E-state index contributed by atoms with van der Waals surface area (Å²) in [6.07, 6.45) is 0.823. The molecule has 0 fully saturated rings. The van der Waals surface area contributed by atoms with Crippen LogP contribution in [0.1, 0.15) is 12.5 Å². The van der Waals surface area contributed by atoms with E-state index in [9.17, 15) is 14.7 Å². The van der Waals surface area contributed by atoms with E-state index in [-0.39, 0.29) is 12.4 Å². The predicted molar refractivity (Wildman–Crippen MR) is 69.7 cm³/mol. The van der Waals surface area contributed by atoms with Gasteiger partial charge in [-0.2, -0.15) is 0 Å². The van der Waals surface area contributed by atoms with E-state index in [0.717, 1.165) is 6.08 Å². The lowest BCUT2D eigenvalue weighted by atomic mass is 10.1. The molecule has 1 heterocycles. The van der Waals surface area contributed by atoms with Crippen LogP contribution in [0, 0.1) is 0 Å². The molecule has 0 bridgehead atoms. The maximum absolute atomic E-state index is 11.4. The first-order valence-electron chi connectivity index (χ1n) is 6.13. The normalized spacial score (nSPS) is 13.8. The zero-order valence-corrected chi connectivity index (χ0v) is 10.9. The van der Waals surface area contributed by atoms with Crippen molar-refractivity contribution in [2.24, 2.45) is 0 Å². The van der Waals surface area contributed by atoms with Crippen molar-refractivity contribution in [1.29, 1.82) is 0 Å². The summed E-state index contributed by atoms with van der Waals surface area (Å²) in [4.78, 5) is 22.6. The van der Waals surface area contributed by atoms with Gasteiger partial charge in [-0.1, -0.05) is 0 Å². The second kappa shape index (κ2) is 6.10. The third kappa shape index (κ3) is 3.09. The van der Waals surface area contributed by atoms with Crippen molar-refractivity contribution in [2.45, 2.75) is 6.92 Å². The number of esters is 1. The lowest BCUT2D eigenvalue weighted by Crippen LogP contribution is -2.16. The summed E-state index contributed by atoms with van der Waals surface area (Å²) in [6, 6.07) is 4.74. The Kier molecular flexibility index (Phi) is 4.24. The second-order valence-corrected chi connectivity index (χ2v) is 3.97. The number of aliphatic hydroxyl groups excluding tert-OH is 1. The number of rotatable bonds is 4. The smallest absolute Gasteiger partial charge is 0.379 e. The lowest BCUT2D eigenvalue weighted by Gasteiger charge is -2.18. The Hall–Kier alpha value is -2.50. The molecule has 1 N–H and O–H groups in total. The highest BCUT2D eigenvalue weighted by molar-refractivity contribution is 6.39. The highest BCUT2D eigenvalue weighted by Gasteiger charge is 2.16. The summed E-state index contributed by atoms with van der Waals surface area (Å²) in [7, 11) is 0. The average molecular weight is 278 g/mol. The largest absolute Gasteiger partial charge is 0.507 e. The number of hydrogen-bond donors (Lipinski definition) is 1. The molecule has 0 radical (unpaired) electrons. The molecule has 20 heavy (non-hydrogen) atoms. The Labute approximate surface area is 115 Å². The number of fused-ring (bicyclic) bond motifs is 1. The van der Waals surface area contributed by atoms with Gasteiger partial charge in [-0.15, -0.1) is 0 Å². The van der Waals surface area contributed by atoms with Gasteiger partial charge in [0.1, 0.15) is 19.0 Å². The number of carbonyl (C=O) groups is 2. The van der Waals surface area contributed by atoms with Gasteiger partial charge in [-0.3, -0.25) is 4.79 Å². The van der Waals surface area contributed by atoms with Crippen LogP contribution in [0.25, 0.3) is 5.76 Å². The summed E-state index contributed by atoms with van der Waals surface area (Å²) in [6.45, 7) is 2.58. The minimum Gasteiger partial charge on any atom is -0.507 e. The Morgan fingerprint density at radius 3 is 2.70 bits per heavy atom. The zero-order chi connectivity index (χ0) is 14.5. The van der Waals surface area contributed by atoms with Crippen molar-refractivity contribution in [3.63, 3.8) is 0 Å². The molecular weight excluding hydrogens is 264 g/mol. The van der Waals surface area contributed by atoms with Crippen LogP contribution in [0.5, 0.6) is 11.5 Å². The van der Waals surface area contributed by atoms with E-state index < -0.39 is 11.8 Å². The lowest BCUT2D eigenvalue weighted by molar-refractivity contribution is -0.151. The van der Waals surface area contributed by atoms with Crippen molar-refractivity contribution in [3.05, 3.63) is 29.8 Å². The summed E-state index contributed by atoms with van der Waals surface area (Å²) in [5, 5.41) is 9.85. The quantitative estimate of drug-likeness (QED) is 0.389. The molecule has 1 aliphatic rings. The number of carbonyl (C=O) groups excluding carboxylic acids is 2. The van der Waals surface area contributed by atoms with Crippen molar-refractivity contribution >= 4 is 17.5 Å². The van der Waals surface area contributed by atoms with E-state index in [0.29, 0.717) is 30.3 Å². The second-order valence-electron chi connectivity index (χ2n) is 3.97. The monoisotopic (exact) mass is 278 g/mol. The molecule has 0 saturated heterocycles. The number of ether oxygens (including phenoxy) is 3. The van der Waals surface area contributed by atoms with Gasteiger partial charge in [-0.25, -0.2) is 4.79 Å². The molecule has 0 spiro atoms. The summed E-state index contributed by atoms with van der Waals surface area (Å²) >= 11 is 0. The maximum atomic E-state index is 11.4. The van der Waals surface area contributed by atoms with Crippen LogP contribution in [0.2, 0.25) is 0 Å². The van der Waals surface area contributed by atoms with Crippen molar-refractivity contribution in [3.8, 4) is 11.5 Å². The van der Waals surface area contributed by atoms with Crippen molar-refractivity contribution < 1.29 is 28.9 Å². The van der Waals surface area contributed by atoms with Gasteiger partial charge in [-0.05, 0) is 25.1 Å². The molecule has 0 aromatic heterocycles. The van der Waals surface area contributed by atoms with E-state index in [1.54, 1.807) is 25.1 Å². The van der Waals surface area contributed by atoms with E-state index >= 15 is 0 Å². The first-order valence-corrected chi connectivity index (χ1v) is 6.13. The van der Waals surface area contributed by atoms with E-state index in [4.69, 9.17) is 9.47 Å². The Morgan fingerprint density at radius 1 is 1.30 bits per heavy atom. The van der Waals surface area contributed by atoms with Gasteiger partial charge in [0.2, 0.25) is 0 Å². The van der Waals surface area contributed by atoms with Gasteiger partial charge in [0.25, 0.3) is 5.78 Å². The fourth-order valence-electron chi connectivity index (χ4n) is 1.67. The average Bonchev–Trinajstić information content (AvgIpc) is 2.46. The van der Waals surface area contributed by atoms with Crippen LogP contribution >= 0.6 is 0 Å². The van der Waals surface area contributed by atoms with E-state index in [2.05, 4.69) is 4.74 Å². The molecule has 0 saturated carbocycles. The molecular formula is C14H14O6. The fraction of sp³-hybridized carbons (Fsp3) is 0.286. The van der Waals surface area contributed by atoms with Gasteiger partial charge in [0, 0.05) is 11.6 Å². The summed E-state index contributed by atoms with van der Waals surface area (Å²) in [5.41, 5.74) is 0.354. The van der Waals surface area contributed by atoms with Gasteiger partial charge in [0.05, 0.1) is 6.61 Å². The molecule has 6 nitrogen and oxygen atoms in total. The number of ketones is 1. The van der Waals surface area contributed by atoms with Crippen LogP contribution in [-0.4, -0.2) is 36.7 Å². The predicted octanol–water partition coefficient (Wildman–Crippen LogP) is 1.49. The molecule has 0 amide bonds. The summed E-state index contributed by atoms with van der Waals surface area (Å²) in [5.74, 6) is -1.20. The third-order valence-electron chi connectivity index (χ3n) is 2.58. The minimum absolute atomic E-state index is 0.100. The molecule has 0 atom stereocenters. The van der Waals surface area contributed by atoms with Crippen molar-refractivity contribution in [1.82, 2.24) is 0 Å². The van der Waals surface area contributed by atoms with Crippen LogP contribution < -0.4 is 9.47 Å². The maximum Gasteiger partial charge on any atom is 0.379 e. The number of benzene rings is 1. The SMILES string of the molecule is CCOC(=O)C(=O)C=C(O)c1ccc2c(c1)OCCO2. The van der Waals surface area contributed by atoms with Gasteiger partial charge >= 0.3 is 5.97 Å². The molecule has 0 aliphatic carbocycles. The van der Waals surface area contributed by atoms with Crippen LogP contribution in [-0.2, 0) is 14.3 Å². The highest BCUT2D eigenvalue weighted by Crippen LogP contribution is 2.32.